The van der Waals surface area contributed by atoms with Crippen molar-refractivity contribution in [3.63, 3.8) is 0 Å². The van der Waals surface area contributed by atoms with Gasteiger partial charge in [-0.05, 0) is 0 Å². The molecular weight excluding hydrogens is 229 g/mol. The van der Waals surface area contributed by atoms with Crippen molar-refractivity contribution in [2.24, 2.45) is 17.2 Å². The van der Waals surface area contributed by atoms with Crippen LogP contribution in [0.5, 0.6) is 0 Å². The van der Waals surface area contributed by atoms with Gasteiger partial charge in [0.05, 0.1) is 13.1 Å². The van der Waals surface area contributed by atoms with E-state index in [1.165, 1.54) is 0 Å². The van der Waals surface area contributed by atoms with Crippen LogP contribution in [0.2, 0.25) is 0 Å². The van der Waals surface area contributed by atoms with Crippen LogP contribution in [-0.2, 0) is 9.59 Å². The highest BCUT2D eigenvalue weighted by atomic mass is 19.4. The van der Waals surface area contributed by atoms with Crippen molar-refractivity contribution in [2.75, 3.05) is 19.6 Å². The fourth-order valence-corrected chi connectivity index (χ4v) is 1.17. The third kappa shape index (κ3) is 4.94. The summed E-state index contributed by atoms with van der Waals surface area (Å²) in [6.07, 6.45) is -4.65. The number of alkyl halides is 3. The minimum atomic E-state index is -4.65. The van der Waals surface area contributed by atoms with Crippen LogP contribution >= 0.6 is 0 Å². The van der Waals surface area contributed by atoms with Crippen LogP contribution in [0.4, 0.5) is 13.2 Å². The molecular formula is C7H13F3N4O2. The average molecular weight is 242 g/mol. The number of carbonyl (C=O) groups excluding carboxylic acids is 2. The number of primary amides is 2. The van der Waals surface area contributed by atoms with Crippen molar-refractivity contribution < 1.29 is 22.8 Å². The Morgan fingerprint density at radius 3 is 1.69 bits per heavy atom. The highest BCUT2D eigenvalue weighted by Gasteiger charge is 2.43. The van der Waals surface area contributed by atoms with Gasteiger partial charge < -0.3 is 17.2 Å². The summed E-state index contributed by atoms with van der Waals surface area (Å²) in [5.41, 5.74) is 14.5. The number of carbonyl (C=O) groups is 2. The van der Waals surface area contributed by atoms with E-state index in [-0.39, 0.29) is 0 Å². The maximum atomic E-state index is 12.4. The van der Waals surface area contributed by atoms with Crippen molar-refractivity contribution in [1.82, 2.24) is 4.90 Å². The number of rotatable bonds is 6. The molecule has 94 valence electrons. The van der Waals surface area contributed by atoms with E-state index in [0.717, 1.165) is 0 Å². The van der Waals surface area contributed by atoms with E-state index < -0.39 is 43.7 Å². The number of nitrogens with two attached hydrogens (primary N) is 3. The zero-order valence-corrected chi connectivity index (χ0v) is 8.33. The summed E-state index contributed by atoms with van der Waals surface area (Å²) in [7, 11) is 0. The van der Waals surface area contributed by atoms with Crippen LogP contribution in [-0.4, -0.2) is 48.6 Å². The third-order valence-electron chi connectivity index (χ3n) is 1.76. The van der Waals surface area contributed by atoms with Crippen molar-refractivity contribution in [2.45, 2.75) is 12.2 Å². The molecule has 0 aliphatic carbocycles. The lowest BCUT2D eigenvalue weighted by Gasteiger charge is -2.30. The zero-order chi connectivity index (χ0) is 12.9. The monoisotopic (exact) mass is 242 g/mol. The highest BCUT2D eigenvalue weighted by Crippen LogP contribution is 2.23. The Hall–Kier alpha value is -1.35. The number of nitrogens with zero attached hydrogens (tertiary/aromatic N) is 1. The summed E-state index contributed by atoms with van der Waals surface area (Å²) in [6, 6.07) is -2.12. The normalized spacial score (nSPS) is 13.8. The van der Waals surface area contributed by atoms with Gasteiger partial charge in [0.2, 0.25) is 11.8 Å². The molecule has 0 spiro atoms. The molecule has 0 aromatic rings. The first-order valence-electron chi connectivity index (χ1n) is 4.26. The predicted molar refractivity (Wildman–Crippen MR) is 48.9 cm³/mol. The Morgan fingerprint density at radius 2 is 1.50 bits per heavy atom. The average Bonchev–Trinajstić information content (AvgIpc) is 1.99. The molecule has 1 unspecified atom stereocenters. The van der Waals surface area contributed by atoms with Gasteiger partial charge in [-0.25, -0.2) is 0 Å². The lowest BCUT2D eigenvalue weighted by Crippen LogP contribution is -2.55. The molecule has 16 heavy (non-hydrogen) atoms. The first-order valence-corrected chi connectivity index (χ1v) is 4.26. The second-order valence-corrected chi connectivity index (χ2v) is 3.13. The second kappa shape index (κ2) is 5.66. The molecule has 0 saturated heterocycles. The van der Waals surface area contributed by atoms with Gasteiger partial charge in [0.25, 0.3) is 0 Å². The van der Waals surface area contributed by atoms with Crippen LogP contribution < -0.4 is 17.2 Å². The lowest BCUT2D eigenvalue weighted by molar-refractivity contribution is -0.181. The first-order chi connectivity index (χ1) is 7.18. The summed E-state index contributed by atoms with van der Waals surface area (Å²) in [5.74, 6) is -1.99. The molecule has 6 N–H and O–H groups in total. The number of halogens is 3. The maximum absolute atomic E-state index is 12.4. The van der Waals surface area contributed by atoms with Crippen LogP contribution in [0.25, 0.3) is 0 Å². The van der Waals surface area contributed by atoms with E-state index in [2.05, 4.69) is 0 Å². The molecule has 0 aromatic heterocycles. The van der Waals surface area contributed by atoms with Gasteiger partial charge in [-0.1, -0.05) is 0 Å². The van der Waals surface area contributed by atoms with Crippen LogP contribution in [0.1, 0.15) is 0 Å². The first kappa shape index (κ1) is 14.6. The quantitative estimate of drug-likeness (QED) is 0.507. The molecule has 9 heteroatoms. The smallest absolute Gasteiger partial charge is 0.369 e. The van der Waals surface area contributed by atoms with Crippen molar-refractivity contribution in [1.29, 1.82) is 0 Å². The summed E-state index contributed by atoms with van der Waals surface area (Å²) in [5, 5.41) is 0. The van der Waals surface area contributed by atoms with E-state index in [1.54, 1.807) is 0 Å². The highest BCUT2D eigenvalue weighted by molar-refractivity contribution is 5.79. The van der Waals surface area contributed by atoms with Crippen molar-refractivity contribution in [3.05, 3.63) is 0 Å². The van der Waals surface area contributed by atoms with E-state index in [4.69, 9.17) is 17.2 Å². The van der Waals surface area contributed by atoms with Gasteiger partial charge in [-0.2, -0.15) is 13.2 Å². The van der Waals surface area contributed by atoms with Gasteiger partial charge in [0.15, 0.2) is 0 Å². The van der Waals surface area contributed by atoms with Gasteiger partial charge >= 0.3 is 6.18 Å². The van der Waals surface area contributed by atoms with Crippen molar-refractivity contribution >= 4 is 11.8 Å². The van der Waals surface area contributed by atoms with E-state index in [1.807, 2.05) is 0 Å². The summed E-state index contributed by atoms with van der Waals surface area (Å²) >= 11 is 0. The predicted octanol–water partition coefficient (Wildman–Crippen LogP) is -1.85. The minimum Gasteiger partial charge on any atom is -0.369 e. The standard InChI is InChI=1S/C7H13F3N4O2/c8-7(9,10)4(1-11)14(2-5(12)15)3-6(13)16/h4H,1-3,11H2,(H2,12,15)(H2,13,16). The van der Waals surface area contributed by atoms with Crippen LogP contribution in [0, 0.1) is 0 Å². The van der Waals surface area contributed by atoms with Crippen LogP contribution in [0.3, 0.4) is 0 Å². The van der Waals surface area contributed by atoms with Gasteiger partial charge in [0, 0.05) is 6.54 Å². The van der Waals surface area contributed by atoms with Crippen LogP contribution in [0.15, 0.2) is 0 Å². The molecule has 0 aliphatic heterocycles. The maximum Gasteiger partial charge on any atom is 0.405 e. The van der Waals surface area contributed by atoms with E-state index in [9.17, 15) is 22.8 Å². The van der Waals surface area contributed by atoms with Crippen molar-refractivity contribution in [3.8, 4) is 0 Å². The molecule has 0 rings (SSSR count). The Morgan fingerprint density at radius 1 is 1.12 bits per heavy atom. The van der Waals surface area contributed by atoms with Gasteiger partial charge in [0.1, 0.15) is 6.04 Å². The third-order valence-corrected chi connectivity index (χ3v) is 1.76. The second-order valence-electron chi connectivity index (χ2n) is 3.13. The SMILES string of the molecule is NCC(N(CC(N)=O)CC(N)=O)C(F)(F)F. The summed E-state index contributed by atoms with van der Waals surface area (Å²) < 4.78 is 37.3. The lowest BCUT2D eigenvalue weighted by atomic mass is 10.2. The van der Waals surface area contributed by atoms with Gasteiger partial charge in [-0.3, -0.25) is 14.5 Å². The molecule has 6 nitrogen and oxygen atoms in total. The largest absolute Gasteiger partial charge is 0.405 e. The molecule has 0 aromatic carbocycles. The van der Waals surface area contributed by atoms with E-state index in [0.29, 0.717) is 4.90 Å². The molecule has 0 aliphatic rings. The Balaban J connectivity index is 4.82. The topological polar surface area (TPSA) is 115 Å². The molecule has 0 saturated carbocycles. The Bertz CT molecular complexity index is 253. The fourth-order valence-electron chi connectivity index (χ4n) is 1.17. The molecule has 0 fully saturated rings. The van der Waals surface area contributed by atoms with Gasteiger partial charge in [-0.15, -0.1) is 0 Å². The van der Waals surface area contributed by atoms with E-state index >= 15 is 0 Å². The number of hydrogen-bond donors (Lipinski definition) is 3. The summed E-state index contributed by atoms with van der Waals surface area (Å²) in [6.45, 7) is -2.25. The Kier molecular flexibility index (Phi) is 5.18. The zero-order valence-electron chi connectivity index (χ0n) is 8.33. The minimum absolute atomic E-state index is 0.505. The Labute approximate surface area is 89.5 Å². The molecule has 2 amide bonds. The number of hydrogen-bond acceptors (Lipinski definition) is 4. The molecule has 0 heterocycles. The molecule has 0 bridgehead atoms. The molecule has 0 radical (unpaired) electrons. The number of amides is 2. The summed E-state index contributed by atoms with van der Waals surface area (Å²) in [4.78, 5) is 21.6. The fraction of sp³-hybridized carbons (Fsp3) is 0.714. The molecule has 1 atom stereocenters.